The lowest BCUT2D eigenvalue weighted by Gasteiger charge is -2.34. The number of hydrogen-bond acceptors (Lipinski definition) is 3. The first-order chi connectivity index (χ1) is 13.2. The number of aliphatic hydroxyl groups excluding tert-OH is 1. The molecule has 142 valence electrons. The summed E-state index contributed by atoms with van der Waals surface area (Å²) in [6.07, 6.45) is 16.4. The van der Waals surface area contributed by atoms with E-state index in [1.165, 1.54) is 29.3 Å². The van der Waals surface area contributed by atoms with Crippen molar-refractivity contribution in [1.82, 2.24) is 14.3 Å². The van der Waals surface area contributed by atoms with Crippen LogP contribution in [0.2, 0.25) is 0 Å². The summed E-state index contributed by atoms with van der Waals surface area (Å²) in [4.78, 5) is 18.6. The molecule has 0 spiro atoms. The van der Waals surface area contributed by atoms with Crippen LogP contribution in [0.25, 0.3) is 11.6 Å². The van der Waals surface area contributed by atoms with Gasteiger partial charge < -0.3 is 14.4 Å². The minimum Gasteiger partial charge on any atom is -0.392 e. The van der Waals surface area contributed by atoms with Gasteiger partial charge in [0.15, 0.2) is 0 Å². The number of carbonyl (C=O) groups is 1. The molecule has 3 aliphatic rings. The van der Waals surface area contributed by atoms with Crippen LogP contribution in [0.1, 0.15) is 43.4 Å². The molecule has 2 aromatic rings. The van der Waals surface area contributed by atoms with E-state index in [1.807, 2.05) is 17.4 Å². The maximum Gasteiger partial charge on any atom is 0.222 e. The van der Waals surface area contributed by atoms with Gasteiger partial charge in [0.25, 0.3) is 0 Å². The molecule has 1 amide bonds. The Morgan fingerprint density at radius 2 is 2.07 bits per heavy atom. The van der Waals surface area contributed by atoms with E-state index in [-0.39, 0.29) is 12.0 Å². The first kappa shape index (κ1) is 17.0. The molecule has 0 bridgehead atoms. The molecule has 27 heavy (non-hydrogen) atoms. The van der Waals surface area contributed by atoms with E-state index in [4.69, 9.17) is 0 Å². The second-order valence-electron chi connectivity index (χ2n) is 8.42. The number of carbonyl (C=O) groups excluding carboxylic acids is 1. The average Bonchev–Trinajstić information content (AvgIpc) is 3.29. The third-order valence-corrected chi connectivity index (χ3v) is 6.60. The Hall–Kier alpha value is -2.14. The Morgan fingerprint density at radius 1 is 1.26 bits per heavy atom. The molecule has 0 radical (unpaired) electrons. The molecular weight excluding hydrogens is 338 g/mol. The van der Waals surface area contributed by atoms with E-state index in [0.29, 0.717) is 18.2 Å². The van der Waals surface area contributed by atoms with Gasteiger partial charge in [-0.1, -0.05) is 18.2 Å². The number of piperidine rings is 1. The molecule has 1 unspecified atom stereocenters. The van der Waals surface area contributed by atoms with Crippen molar-refractivity contribution in [2.75, 3.05) is 13.1 Å². The number of aromatic nitrogens is 2. The largest absolute Gasteiger partial charge is 0.392 e. The summed E-state index contributed by atoms with van der Waals surface area (Å²) in [6, 6.07) is 0. The van der Waals surface area contributed by atoms with Crippen molar-refractivity contribution in [1.29, 1.82) is 0 Å². The van der Waals surface area contributed by atoms with Crippen molar-refractivity contribution in [2.24, 2.45) is 11.8 Å². The lowest BCUT2D eigenvalue weighted by molar-refractivity contribution is -0.133. The highest BCUT2D eigenvalue weighted by molar-refractivity contribution is 5.76. The fourth-order valence-corrected chi connectivity index (χ4v) is 4.75. The Kier molecular flexibility index (Phi) is 4.27. The van der Waals surface area contributed by atoms with Crippen LogP contribution in [-0.4, -0.2) is 44.5 Å². The fourth-order valence-electron chi connectivity index (χ4n) is 4.75. The van der Waals surface area contributed by atoms with Gasteiger partial charge in [-0.15, -0.1) is 0 Å². The SMILES string of the molecule is O=C(CC1CC1)N1CCC(C(O)Cc2c3c(c4cncn24)=CC=CC3)CC1. The quantitative estimate of drug-likeness (QED) is 0.880. The van der Waals surface area contributed by atoms with Gasteiger partial charge in [0.2, 0.25) is 5.91 Å². The topological polar surface area (TPSA) is 57.8 Å². The first-order valence-corrected chi connectivity index (χ1v) is 10.3. The summed E-state index contributed by atoms with van der Waals surface area (Å²) in [7, 11) is 0. The van der Waals surface area contributed by atoms with Crippen LogP contribution in [0.4, 0.5) is 0 Å². The number of allylic oxidation sites excluding steroid dienone is 2. The molecule has 1 atom stereocenters. The molecule has 5 heteroatoms. The summed E-state index contributed by atoms with van der Waals surface area (Å²) in [6.45, 7) is 1.59. The molecule has 5 rings (SSSR count). The Bertz CT molecular complexity index is 933. The number of aliphatic hydroxyl groups is 1. The van der Waals surface area contributed by atoms with Crippen LogP contribution in [0.15, 0.2) is 24.7 Å². The van der Waals surface area contributed by atoms with E-state index in [9.17, 15) is 9.90 Å². The summed E-state index contributed by atoms with van der Waals surface area (Å²) < 4.78 is 2.14. The van der Waals surface area contributed by atoms with Crippen molar-refractivity contribution in [3.8, 4) is 0 Å². The van der Waals surface area contributed by atoms with Gasteiger partial charge in [-0.25, -0.2) is 4.98 Å². The molecular formula is C22H27N3O2. The summed E-state index contributed by atoms with van der Waals surface area (Å²) in [5.41, 5.74) is 3.65. The van der Waals surface area contributed by atoms with Gasteiger partial charge in [0.05, 0.1) is 24.1 Å². The van der Waals surface area contributed by atoms with Gasteiger partial charge in [-0.05, 0) is 49.5 Å². The van der Waals surface area contributed by atoms with Crippen LogP contribution >= 0.6 is 0 Å². The predicted molar refractivity (Wildman–Crippen MR) is 104 cm³/mol. The molecule has 1 aliphatic heterocycles. The zero-order valence-electron chi connectivity index (χ0n) is 15.7. The molecule has 1 N–H and O–H groups in total. The molecule has 0 aromatic carbocycles. The van der Waals surface area contributed by atoms with E-state index in [1.54, 1.807) is 0 Å². The zero-order chi connectivity index (χ0) is 18.4. The van der Waals surface area contributed by atoms with Gasteiger partial charge in [-0.3, -0.25) is 4.79 Å². The number of amides is 1. The lowest BCUT2D eigenvalue weighted by Crippen LogP contribution is -2.41. The smallest absolute Gasteiger partial charge is 0.222 e. The Morgan fingerprint density at radius 3 is 2.85 bits per heavy atom. The van der Waals surface area contributed by atoms with Crippen LogP contribution in [0.3, 0.4) is 0 Å². The molecule has 5 nitrogen and oxygen atoms in total. The number of fused-ring (bicyclic) bond motifs is 3. The maximum atomic E-state index is 12.3. The van der Waals surface area contributed by atoms with Gasteiger partial charge in [0.1, 0.15) is 0 Å². The standard InChI is InChI=1S/C22H27N3O2/c26-21(16-7-9-24(10-8-16)22(27)11-15-5-6-15)12-19-17-3-1-2-4-18(17)20-13-23-14-25(19)20/h1-2,4,13-16,21,26H,3,5-12H2. The highest BCUT2D eigenvalue weighted by atomic mass is 16.3. The Labute approximate surface area is 159 Å². The third kappa shape index (κ3) is 3.18. The molecule has 1 saturated carbocycles. The second-order valence-corrected chi connectivity index (χ2v) is 8.42. The van der Waals surface area contributed by atoms with Crippen LogP contribution in [0, 0.1) is 11.8 Å². The number of likely N-dealkylation sites (tertiary alicyclic amines) is 1. The highest BCUT2D eigenvalue weighted by Crippen LogP contribution is 2.33. The minimum atomic E-state index is -0.367. The van der Waals surface area contributed by atoms with Gasteiger partial charge in [0, 0.05) is 36.8 Å². The first-order valence-electron chi connectivity index (χ1n) is 10.3. The molecule has 3 heterocycles. The van der Waals surface area contributed by atoms with Gasteiger partial charge >= 0.3 is 0 Å². The zero-order valence-corrected chi connectivity index (χ0v) is 15.7. The predicted octanol–water partition coefficient (Wildman–Crippen LogP) is 1.89. The number of hydrogen-bond donors (Lipinski definition) is 1. The average molecular weight is 365 g/mol. The molecule has 2 aliphatic carbocycles. The fraction of sp³-hybridized carbons (Fsp3) is 0.545. The third-order valence-electron chi connectivity index (χ3n) is 6.60. The summed E-state index contributed by atoms with van der Waals surface area (Å²) in [5, 5.41) is 12.2. The van der Waals surface area contributed by atoms with Crippen molar-refractivity contribution in [3.05, 3.63) is 41.2 Å². The number of nitrogens with zero attached hydrogens (tertiary/aromatic N) is 3. The Balaban J connectivity index is 1.27. The second kappa shape index (κ2) is 6.79. The van der Waals surface area contributed by atoms with Crippen molar-refractivity contribution >= 4 is 17.5 Å². The summed E-state index contributed by atoms with van der Waals surface area (Å²) in [5.74, 6) is 1.23. The molecule has 2 aromatic heterocycles. The van der Waals surface area contributed by atoms with Crippen LogP contribution in [-0.2, 0) is 17.6 Å². The maximum absolute atomic E-state index is 12.3. The monoisotopic (exact) mass is 365 g/mol. The van der Waals surface area contributed by atoms with Crippen molar-refractivity contribution < 1.29 is 9.90 Å². The van der Waals surface area contributed by atoms with E-state index < -0.39 is 0 Å². The number of rotatable bonds is 5. The summed E-state index contributed by atoms with van der Waals surface area (Å²) >= 11 is 0. The van der Waals surface area contributed by atoms with Crippen LogP contribution < -0.4 is 5.22 Å². The van der Waals surface area contributed by atoms with E-state index in [0.717, 1.165) is 44.3 Å². The lowest BCUT2D eigenvalue weighted by atomic mass is 9.88. The minimum absolute atomic E-state index is 0.266. The number of imidazole rings is 1. The van der Waals surface area contributed by atoms with E-state index in [2.05, 4.69) is 27.6 Å². The highest BCUT2D eigenvalue weighted by Gasteiger charge is 2.31. The molecule has 2 fully saturated rings. The van der Waals surface area contributed by atoms with Gasteiger partial charge in [-0.2, -0.15) is 0 Å². The van der Waals surface area contributed by atoms with Crippen molar-refractivity contribution in [3.63, 3.8) is 0 Å². The normalized spacial score (nSPS) is 21.3. The van der Waals surface area contributed by atoms with Crippen LogP contribution in [0.5, 0.6) is 0 Å². The van der Waals surface area contributed by atoms with E-state index >= 15 is 0 Å². The van der Waals surface area contributed by atoms with Crippen molar-refractivity contribution in [2.45, 2.75) is 51.0 Å². The molecule has 1 saturated heterocycles.